The summed E-state index contributed by atoms with van der Waals surface area (Å²) in [6.45, 7) is 6.80. The third-order valence-electron chi connectivity index (χ3n) is 8.94. The monoisotopic (exact) mass is 655 g/mol. The summed E-state index contributed by atoms with van der Waals surface area (Å²) >= 11 is 0. The molecule has 0 bridgehead atoms. The van der Waals surface area contributed by atoms with Gasteiger partial charge >= 0.3 is 12.0 Å². The number of esters is 1. The number of aromatic nitrogens is 3. The maximum absolute atomic E-state index is 13.2. The normalized spacial score (nSPS) is 15.4. The predicted octanol–water partition coefficient (Wildman–Crippen LogP) is 6.49. The van der Waals surface area contributed by atoms with Gasteiger partial charge < -0.3 is 39.6 Å². The molecule has 3 N–H and O–H groups in total. The molecule has 1 aliphatic heterocycles. The van der Waals surface area contributed by atoms with Gasteiger partial charge in [0.1, 0.15) is 11.3 Å². The van der Waals surface area contributed by atoms with Crippen molar-refractivity contribution in [1.29, 1.82) is 0 Å². The van der Waals surface area contributed by atoms with Crippen molar-refractivity contribution in [3.05, 3.63) is 54.4 Å². The number of carbonyl (C=O) groups excluding carboxylic acids is 2. The molecule has 1 aliphatic carbocycles. The van der Waals surface area contributed by atoms with Crippen LogP contribution in [0.5, 0.6) is 5.75 Å². The molecule has 0 unspecified atom stereocenters. The van der Waals surface area contributed by atoms with E-state index >= 15 is 0 Å². The molecule has 12 heteroatoms. The molecule has 2 amide bonds. The Morgan fingerprint density at radius 3 is 2.58 bits per heavy atom. The van der Waals surface area contributed by atoms with Crippen LogP contribution in [0.4, 0.5) is 27.8 Å². The number of morpholine rings is 1. The molecule has 6 rings (SSSR count). The Balaban J connectivity index is 1.35. The van der Waals surface area contributed by atoms with Crippen molar-refractivity contribution in [3.63, 3.8) is 0 Å². The molecule has 254 valence electrons. The molecule has 4 aromatic rings. The van der Waals surface area contributed by atoms with E-state index in [0.717, 1.165) is 35.0 Å². The van der Waals surface area contributed by atoms with Crippen LogP contribution in [0.15, 0.2) is 48.8 Å². The van der Waals surface area contributed by atoms with Crippen molar-refractivity contribution < 1.29 is 23.8 Å². The van der Waals surface area contributed by atoms with Gasteiger partial charge in [0.2, 0.25) is 5.95 Å². The smallest absolute Gasteiger partial charge is 0.342 e. The topological polar surface area (TPSA) is 132 Å². The number of rotatable bonds is 10. The number of carbonyl (C=O) groups is 2. The minimum atomic E-state index is -0.502. The van der Waals surface area contributed by atoms with E-state index in [9.17, 15) is 9.59 Å². The van der Waals surface area contributed by atoms with Crippen molar-refractivity contribution in [2.45, 2.75) is 52.1 Å². The highest BCUT2D eigenvalue weighted by molar-refractivity contribution is 6.03. The van der Waals surface area contributed by atoms with Crippen molar-refractivity contribution in [1.82, 2.24) is 19.9 Å². The van der Waals surface area contributed by atoms with Gasteiger partial charge in [0.25, 0.3) is 0 Å². The summed E-state index contributed by atoms with van der Waals surface area (Å²) < 4.78 is 19.0. The quantitative estimate of drug-likeness (QED) is 0.164. The first kappa shape index (κ1) is 33.1. The minimum absolute atomic E-state index is 0.254. The molecule has 2 aromatic heterocycles. The zero-order valence-electron chi connectivity index (χ0n) is 28.2. The number of benzene rings is 2. The van der Waals surface area contributed by atoms with Crippen molar-refractivity contribution in [3.8, 4) is 17.0 Å². The lowest BCUT2D eigenvalue weighted by Gasteiger charge is -2.31. The van der Waals surface area contributed by atoms with Gasteiger partial charge in [-0.2, -0.15) is 0 Å². The Morgan fingerprint density at radius 2 is 1.83 bits per heavy atom. The van der Waals surface area contributed by atoms with Crippen molar-refractivity contribution in [2.75, 3.05) is 55.5 Å². The first-order valence-corrected chi connectivity index (χ1v) is 16.8. The third kappa shape index (κ3) is 7.49. The number of ether oxygens (including phenoxy) is 3. The number of nitrogens with zero attached hydrogens (tertiary/aromatic N) is 4. The summed E-state index contributed by atoms with van der Waals surface area (Å²) in [6, 6.07) is 11.4. The van der Waals surface area contributed by atoms with Crippen LogP contribution >= 0.6 is 0 Å². The van der Waals surface area contributed by atoms with Gasteiger partial charge in [0.05, 0.1) is 49.2 Å². The lowest BCUT2D eigenvalue weighted by molar-refractivity contribution is 0.0378. The zero-order chi connectivity index (χ0) is 33.6. The molecule has 48 heavy (non-hydrogen) atoms. The molecule has 12 nitrogen and oxygen atoms in total. The summed E-state index contributed by atoms with van der Waals surface area (Å²) in [5.74, 6) is 0.801. The first-order valence-electron chi connectivity index (χ1n) is 16.8. The Hall–Kier alpha value is -4.84. The lowest BCUT2D eigenvalue weighted by atomic mass is 9.89. The second-order valence-corrected chi connectivity index (χ2v) is 12.7. The Bertz CT molecular complexity index is 1760. The molecular formula is C36H45N7O5. The molecule has 2 fully saturated rings. The number of amides is 2. The molecule has 1 saturated carbocycles. The highest BCUT2D eigenvalue weighted by atomic mass is 16.5. The number of hydrogen-bond acceptors (Lipinski definition) is 9. The van der Waals surface area contributed by atoms with E-state index in [1.165, 1.54) is 25.5 Å². The number of anilines is 4. The number of nitrogens with one attached hydrogen (secondary N) is 3. The average Bonchev–Trinajstić information content (AvgIpc) is 3.44. The zero-order valence-corrected chi connectivity index (χ0v) is 28.2. The van der Waals surface area contributed by atoms with Crippen LogP contribution in [0.25, 0.3) is 22.2 Å². The van der Waals surface area contributed by atoms with Crippen LogP contribution in [0.2, 0.25) is 0 Å². The Morgan fingerprint density at radius 1 is 1.06 bits per heavy atom. The summed E-state index contributed by atoms with van der Waals surface area (Å²) in [4.78, 5) is 38.0. The Labute approximate surface area is 281 Å². The lowest BCUT2D eigenvalue weighted by Crippen LogP contribution is -2.38. The van der Waals surface area contributed by atoms with Crippen LogP contribution in [-0.2, 0) is 16.5 Å². The molecule has 2 aromatic carbocycles. The average molecular weight is 656 g/mol. The third-order valence-corrected chi connectivity index (χ3v) is 8.94. The maximum atomic E-state index is 13.2. The van der Waals surface area contributed by atoms with Gasteiger partial charge in [-0.25, -0.2) is 19.6 Å². The molecule has 0 atom stereocenters. The van der Waals surface area contributed by atoms with Crippen LogP contribution in [-0.4, -0.2) is 72.6 Å². The van der Waals surface area contributed by atoms with Gasteiger partial charge in [-0.1, -0.05) is 37.5 Å². The van der Waals surface area contributed by atoms with E-state index in [4.69, 9.17) is 19.2 Å². The molecule has 0 radical (unpaired) electrons. The summed E-state index contributed by atoms with van der Waals surface area (Å²) in [5, 5.41) is 10.4. The number of urea groups is 1. The van der Waals surface area contributed by atoms with E-state index < -0.39 is 5.97 Å². The number of methoxy groups -OCH3 is 1. The summed E-state index contributed by atoms with van der Waals surface area (Å²) in [5.41, 5.74) is 4.49. The van der Waals surface area contributed by atoms with Crippen LogP contribution in [0.1, 0.15) is 56.3 Å². The standard InChI is InChI=1S/C36H45N7O5/c1-23(2)48-34(44)26-21-37-35(41-33(26)27-22-42(3)30-13-9-8-12-25(27)30)39-29-18-28(40-36(45)38-20-24-10-6-5-7-11-24)31(19-32(29)46-4)43-14-16-47-17-15-43/h8-9,12-13,18-19,21-24H,5-7,10-11,14-17,20H2,1-4H3,(H,37,39,41)(H2,38,40,45). The molecule has 3 heterocycles. The molecule has 0 spiro atoms. The fourth-order valence-electron chi connectivity index (χ4n) is 6.52. The number of para-hydroxylation sites is 1. The molecule has 1 saturated heterocycles. The summed E-state index contributed by atoms with van der Waals surface area (Å²) in [6.07, 6.45) is 9.12. The fraction of sp³-hybridized carbons (Fsp3) is 0.444. The van der Waals surface area contributed by atoms with Gasteiger partial charge in [-0.05, 0) is 44.7 Å². The van der Waals surface area contributed by atoms with Crippen LogP contribution < -0.4 is 25.6 Å². The Kier molecular flexibility index (Phi) is 10.3. The molecule has 2 aliphatic rings. The van der Waals surface area contributed by atoms with Crippen LogP contribution in [0, 0.1) is 5.92 Å². The second-order valence-electron chi connectivity index (χ2n) is 12.7. The predicted molar refractivity (Wildman–Crippen MR) is 187 cm³/mol. The van der Waals surface area contributed by atoms with E-state index in [1.807, 2.05) is 54.2 Å². The SMILES string of the molecule is COc1cc(N2CCOCC2)c(NC(=O)NCC2CCCCC2)cc1Nc1ncc(C(=O)OC(C)C)c(-c2cn(C)c3ccccc23)n1. The number of hydrogen-bond donors (Lipinski definition) is 3. The van der Waals surface area contributed by atoms with Crippen molar-refractivity contribution >= 4 is 45.9 Å². The van der Waals surface area contributed by atoms with E-state index in [-0.39, 0.29) is 23.6 Å². The van der Waals surface area contributed by atoms with Gasteiger partial charge in [0, 0.05) is 61.6 Å². The molecular weight excluding hydrogens is 610 g/mol. The van der Waals surface area contributed by atoms with E-state index in [2.05, 4.69) is 25.8 Å². The second kappa shape index (κ2) is 14.9. The minimum Gasteiger partial charge on any atom is -0.494 e. The largest absolute Gasteiger partial charge is 0.494 e. The fourth-order valence-corrected chi connectivity index (χ4v) is 6.52. The number of fused-ring (bicyclic) bond motifs is 1. The van der Waals surface area contributed by atoms with Crippen molar-refractivity contribution in [2.24, 2.45) is 13.0 Å². The van der Waals surface area contributed by atoms with E-state index in [1.54, 1.807) is 21.0 Å². The first-order chi connectivity index (χ1) is 23.3. The van der Waals surface area contributed by atoms with Gasteiger partial charge in [-0.15, -0.1) is 0 Å². The summed E-state index contributed by atoms with van der Waals surface area (Å²) in [7, 11) is 3.56. The highest BCUT2D eigenvalue weighted by Gasteiger charge is 2.24. The van der Waals surface area contributed by atoms with Crippen LogP contribution in [0.3, 0.4) is 0 Å². The van der Waals surface area contributed by atoms with Gasteiger partial charge in [0.15, 0.2) is 0 Å². The number of aryl methyl sites for hydroxylation is 1. The van der Waals surface area contributed by atoms with Gasteiger partial charge in [-0.3, -0.25) is 0 Å². The maximum Gasteiger partial charge on any atom is 0.342 e. The van der Waals surface area contributed by atoms with E-state index in [0.29, 0.717) is 61.6 Å². The highest BCUT2D eigenvalue weighted by Crippen LogP contribution is 2.39.